The molecular weight excluding hydrogens is 407 g/mol. The molecule has 4 rings (SSSR count). The lowest BCUT2D eigenvalue weighted by Gasteiger charge is -2.10. The molecule has 1 amide bonds. The van der Waals surface area contributed by atoms with E-state index in [0.717, 1.165) is 34.3 Å². The van der Waals surface area contributed by atoms with Crippen molar-refractivity contribution in [2.75, 3.05) is 11.9 Å². The average Bonchev–Trinajstić information content (AvgIpc) is 3.11. The Balaban J connectivity index is 1.60. The molecule has 0 unspecified atom stereocenters. The molecule has 0 saturated carbocycles. The maximum atomic E-state index is 13.7. The van der Waals surface area contributed by atoms with Gasteiger partial charge in [0.25, 0.3) is 5.91 Å². The Kier molecular flexibility index (Phi) is 5.90. The largest absolute Gasteiger partial charge is 0.467 e. The SMILES string of the molecule is CCc1cc(OCC(=O)Nc2ccc(C)c(F)c2)nc2c1c(C)nn2-c1ccc(C)cc1. The molecule has 4 aromatic rings. The van der Waals surface area contributed by atoms with Crippen molar-refractivity contribution in [1.82, 2.24) is 14.8 Å². The van der Waals surface area contributed by atoms with E-state index in [2.05, 4.69) is 22.3 Å². The number of ether oxygens (including phenoxy) is 1. The van der Waals surface area contributed by atoms with Gasteiger partial charge in [0.1, 0.15) is 5.82 Å². The molecule has 0 aliphatic rings. The van der Waals surface area contributed by atoms with Gasteiger partial charge in [-0.05, 0) is 62.6 Å². The molecule has 0 radical (unpaired) electrons. The van der Waals surface area contributed by atoms with E-state index >= 15 is 0 Å². The highest BCUT2D eigenvalue weighted by Crippen LogP contribution is 2.28. The number of hydrogen-bond donors (Lipinski definition) is 1. The second-order valence-electron chi connectivity index (χ2n) is 7.81. The number of benzene rings is 2. The highest BCUT2D eigenvalue weighted by Gasteiger charge is 2.16. The number of pyridine rings is 1. The Hall–Kier alpha value is -3.74. The summed E-state index contributed by atoms with van der Waals surface area (Å²) in [5, 5.41) is 8.32. The Labute approximate surface area is 186 Å². The maximum Gasteiger partial charge on any atom is 0.262 e. The molecule has 2 heterocycles. The first-order chi connectivity index (χ1) is 15.4. The smallest absolute Gasteiger partial charge is 0.262 e. The van der Waals surface area contributed by atoms with Crippen LogP contribution in [-0.4, -0.2) is 27.3 Å². The number of aromatic nitrogens is 3. The minimum absolute atomic E-state index is 0.241. The average molecular weight is 432 g/mol. The molecule has 2 aromatic carbocycles. The molecule has 0 aliphatic carbocycles. The molecule has 7 heteroatoms. The number of halogens is 1. The zero-order chi connectivity index (χ0) is 22.8. The predicted octanol–water partition coefficient (Wildman–Crippen LogP) is 5.06. The molecule has 2 aromatic heterocycles. The highest BCUT2D eigenvalue weighted by molar-refractivity contribution is 5.92. The molecule has 0 aliphatic heterocycles. The van der Waals surface area contributed by atoms with Crippen LogP contribution in [0.2, 0.25) is 0 Å². The monoisotopic (exact) mass is 432 g/mol. The van der Waals surface area contributed by atoms with Gasteiger partial charge in [-0.2, -0.15) is 10.1 Å². The summed E-state index contributed by atoms with van der Waals surface area (Å²) in [5.41, 5.74) is 5.57. The molecule has 1 N–H and O–H groups in total. The second kappa shape index (κ2) is 8.78. The summed E-state index contributed by atoms with van der Waals surface area (Å²) in [6.45, 7) is 7.48. The van der Waals surface area contributed by atoms with E-state index in [1.807, 2.05) is 44.2 Å². The zero-order valence-corrected chi connectivity index (χ0v) is 18.6. The lowest BCUT2D eigenvalue weighted by atomic mass is 10.1. The minimum Gasteiger partial charge on any atom is -0.467 e. The fourth-order valence-corrected chi connectivity index (χ4v) is 3.58. The van der Waals surface area contributed by atoms with E-state index in [1.165, 1.54) is 6.07 Å². The first-order valence-electron chi connectivity index (χ1n) is 10.5. The van der Waals surface area contributed by atoms with Crippen molar-refractivity contribution in [2.45, 2.75) is 34.1 Å². The summed E-state index contributed by atoms with van der Waals surface area (Å²) in [4.78, 5) is 17.0. The Bertz CT molecular complexity index is 1300. The van der Waals surface area contributed by atoms with Gasteiger partial charge >= 0.3 is 0 Å². The van der Waals surface area contributed by atoms with Crippen LogP contribution in [0.1, 0.15) is 29.3 Å². The summed E-state index contributed by atoms with van der Waals surface area (Å²) in [5.74, 6) is -0.424. The second-order valence-corrected chi connectivity index (χ2v) is 7.81. The standard InChI is InChI=1S/C25H25FN4O2/c1-5-18-12-23(32-14-22(31)27-19-9-8-16(3)21(26)13-19)28-25-24(18)17(4)29-30(25)20-10-6-15(2)7-11-20/h6-13H,5,14H2,1-4H3,(H,27,31). The Morgan fingerprint density at radius 2 is 1.84 bits per heavy atom. The zero-order valence-electron chi connectivity index (χ0n) is 18.6. The van der Waals surface area contributed by atoms with Crippen LogP contribution in [0.3, 0.4) is 0 Å². The maximum absolute atomic E-state index is 13.7. The normalized spacial score (nSPS) is 11.0. The lowest BCUT2D eigenvalue weighted by molar-refractivity contribution is -0.118. The van der Waals surface area contributed by atoms with Gasteiger partial charge in [0.05, 0.1) is 11.4 Å². The first-order valence-corrected chi connectivity index (χ1v) is 10.5. The Morgan fingerprint density at radius 3 is 2.53 bits per heavy atom. The summed E-state index contributed by atoms with van der Waals surface area (Å²) in [6, 6.07) is 14.4. The van der Waals surface area contributed by atoms with E-state index in [1.54, 1.807) is 23.7 Å². The van der Waals surface area contributed by atoms with Gasteiger partial charge in [-0.3, -0.25) is 4.79 Å². The van der Waals surface area contributed by atoms with Crippen LogP contribution in [0.15, 0.2) is 48.5 Å². The van der Waals surface area contributed by atoms with Crippen molar-refractivity contribution >= 4 is 22.6 Å². The molecule has 164 valence electrons. The minimum atomic E-state index is -0.392. The molecule has 0 saturated heterocycles. The number of nitrogens with one attached hydrogen (secondary N) is 1. The van der Waals surface area contributed by atoms with E-state index in [-0.39, 0.29) is 12.4 Å². The quantitative estimate of drug-likeness (QED) is 0.462. The van der Waals surface area contributed by atoms with Crippen LogP contribution in [0.4, 0.5) is 10.1 Å². The van der Waals surface area contributed by atoms with Crippen LogP contribution < -0.4 is 10.1 Å². The molecular formula is C25H25FN4O2. The van der Waals surface area contributed by atoms with Crippen LogP contribution in [0.5, 0.6) is 5.88 Å². The molecule has 0 atom stereocenters. The van der Waals surface area contributed by atoms with Gasteiger partial charge < -0.3 is 10.1 Å². The summed E-state index contributed by atoms with van der Waals surface area (Å²) in [7, 11) is 0. The van der Waals surface area contributed by atoms with Crippen molar-refractivity contribution in [3.8, 4) is 11.6 Å². The number of aryl methyl sites for hydroxylation is 4. The third-order valence-corrected chi connectivity index (χ3v) is 5.34. The van der Waals surface area contributed by atoms with E-state index < -0.39 is 5.91 Å². The first kappa shape index (κ1) is 21.5. The fourth-order valence-electron chi connectivity index (χ4n) is 3.58. The van der Waals surface area contributed by atoms with Crippen LogP contribution in [-0.2, 0) is 11.2 Å². The van der Waals surface area contributed by atoms with Crippen molar-refractivity contribution in [3.05, 3.63) is 76.7 Å². The summed E-state index contributed by atoms with van der Waals surface area (Å²) in [6.07, 6.45) is 0.769. The molecule has 0 fully saturated rings. The molecule has 0 spiro atoms. The summed E-state index contributed by atoms with van der Waals surface area (Å²) >= 11 is 0. The highest BCUT2D eigenvalue weighted by atomic mass is 19.1. The van der Waals surface area contributed by atoms with E-state index in [9.17, 15) is 9.18 Å². The number of anilines is 1. The third kappa shape index (κ3) is 4.32. The number of nitrogens with zero attached hydrogens (tertiary/aromatic N) is 3. The molecule has 0 bridgehead atoms. The molecule has 6 nitrogen and oxygen atoms in total. The lowest BCUT2D eigenvalue weighted by Crippen LogP contribution is -2.20. The van der Waals surface area contributed by atoms with E-state index in [4.69, 9.17) is 4.74 Å². The van der Waals surface area contributed by atoms with Crippen molar-refractivity contribution < 1.29 is 13.9 Å². The van der Waals surface area contributed by atoms with Gasteiger partial charge in [0.2, 0.25) is 5.88 Å². The predicted molar refractivity (Wildman–Crippen MR) is 123 cm³/mol. The fraction of sp³-hybridized carbons (Fsp3) is 0.240. The number of hydrogen-bond acceptors (Lipinski definition) is 4. The van der Waals surface area contributed by atoms with Crippen molar-refractivity contribution in [1.29, 1.82) is 0 Å². The van der Waals surface area contributed by atoms with Gasteiger partial charge in [0.15, 0.2) is 12.3 Å². The number of rotatable bonds is 6. The van der Waals surface area contributed by atoms with Crippen LogP contribution >= 0.6 is 0 Å². The number of carbonyl (C=O) groups is 1. The third-order valence-electron chi connectivity index (χ3n) is 5.34. The molecule has 32 heavy (non-hydrogen) atoms. The van der Waals surface area contributed by atoms with Gasteiger partial charge in [-0.1, -0.05) is 30.7 Å². The topological polar surface area (TPSA) is 69.0 Å². The van der Waals surface area contributed by atoms with Crippen LogP contribution in [0.25, 0.3) is 16.7 Å². The Morgan fingerprint density at radius 1 is 1.09 bits per heavy atom. The van der Waals surface area contributed by atoms with Gasteiger partial charge in [0, 0.05) is 17.1 Å². The van der Waals surface area contributed by atoms with Crippen molar-refractivity contribution in [3.63, 3.8) is 0 Å². The van der Waals surface area contributed by atoms with Gasteiger partial charge in [-0.25, -0.2) is 9.07 Å². The number of fused-ring (bicyclic) bond motifs is 1. The summed E-state index contributed by atoms with van der Waals surface area (Å²) < 4.78 is 21.2. The van der Waals surface area contributed by atoms with Gasteiger partial charge in [-0.15, -0.1) is 0 Å². The van der Waals surface area contributed by atoms with Crippen molar-refractivity contribution in [2.24, 2.45) is 0 Å². The van der Waals surface area contributed by atoms with E-state index in [0.29, 0.717) is 22.8 Å². The number of amides is 1. The van der Waals surface area contributed by atoms with Crippen LogP contribution in [0, 0.1) is 26.6 Å². The number of carbonyl (C=O) groups excluding carboxylic acids is 1.